The smallest absolute Gasteiger partial charge is 0.292 e. The number of aromatic amines is 1. The highest BCUT2D eigenvalue weighted by Gasteiger charge is 2.46. The summed E-state index contributed by atoms with van der Waals surface area (Å²) in [6, 6.07) is 13.6. The Kier molecular flexibility index (Phi) is 6.26. The van der Waals surface area contributed by atoms with Gasteiger partial charge in [0.1, 0.15) is 17.0 Å². The highest BCUT2D eigenvalue weighted by Crippen LogP contribution is 2.46. The Bertz CT molecular complexity index is 1870. The summed E-state index contributed by atoms with van der Waals surface area (Å²) in [4.78, 5) is 27.5. The van der Waals surface area contributed by atoms with Crippen molar-refractivity contribution in [2.45, 2.75) is 55.5 Å². The van der Waals surface area contributed by atoms with E-state index in [0.29, 0.717) is 29.7 Å². The van der Waals surface area contributed by atoms with Gasteiger partial charge in [-0.25, -0.2) is 13.4 Å². The van der Waals surface area contributed by atoms with Gasteiger partial charge in [-0.15, -0.1) is 10.2 Å². The third kappa shape index (κ3) is 4.23. The molecule has 2 bridgehead atoms. The molecule has 2 fully saturated rings. The number of nitrogen functional groups attached to an aromatic ring is 1. The summed E-state index contributed by atoms with van der Waals surface area (Å²) in [6.45, 7) is 1.60. The molecule has 0 unspecified atom stereocenters. The van der Waals surface area contributed by atoms with E-state index in [4.69, 9.17) is 10.7 Å². The van der Waals surface area contributed by atoms with E-state index in [1.807, 2.05) is 47.4 Å². The van der Waals surface area contributed by atoms with Crippen molar-refractivity contribution in [1.82, 2.24) is 39.7 Å². The van der Waals surface area contributed by atoms with Crippen molar-refractivity contribution in [3.63, 3.8) is 0 Å². The van der Waals surface area contributed by atoms with E-state index in [0.717, 1.165) is 29.7 Å². The Labute approximate surface area is 241 Å². The normalized spacial score (nSPS) is 20.3. The van der Waals surface area contributed by atoms with Gasteiger partial charge in [0.05, 0.1) is 23.3 Å². The Morgan fingerprint density at radius 3 is 2.45 bits per heavy atom. The molecule has 1 amide bonds. The Morgan fingerprint density at radius 2 is 1.81 bits per heavy atom. The summed E-state index contributed by atoms with van der Waals surface area (Å²) < 4.78 is 28.3. The summed E-state index contributed by atoms with van der Waals surface area (Å²) in [5.74, 6) is -0.256. The number of H-pyrrole nitrogens is 1. The van der Waals surface area contributed by atoms with E-state index in [1.54, 1.807) is 19.3 Å². The van der Waals surface area contributed by atoms with E-state index in [9.17, 15) is 13.2 Å². The molecule has 13 heteroatoms. The number of piperidine rings is 1. The molecule has 0 saturated carbocycles. The highest BCUT2D eigenvalue weighted by atomic mass is 32.2. The third-order valence-electron chi connectivity index (χ3n) is 8.47. The fourth-order valence-electron chi connectivity index (χ4n) is 6.46. The largest absolute Gasteiger partial charge is 0.382 e. The number of hydrogen-bond acceptors (Lipinski definition) is 9. The minimum atomic E-state index is -3.74. The monoisotopic (exact) mass is 583 g/mol. The third-order valence-corrected chi connectivity index (χ3v) is 10.3. The first-order valence-corrected chi connectivity index (χ1v) is 15.6. The molecular weight excluding hydrogens is 554 g/mol. The zero-order valence-electron chi connectivity index (χ0n) is 22.9. The molecule has 42 heavy (non-hydrogen) atoms. The maximum atomic E-state index is 13.4. The molecule has 4 aromatic heterocycles. The minimum absolute atomic E-state index is 0.0316. The first kappa shape index (κ1) is 26.3. The number of hydrogen-bond donors (Lipinski definition) is 2. The number of sulfone groups is 1. The van der Waals surface area contributed by atoms with Crippen LogP contribution in [0.1, 0.15) is 54.8 Å². The number of nitrogens with one attached hydrogen (secondary N) is 1. The van der Waals surface area contributed by atoms with Gasteiger partial charge in [-0.3, -0.25) is 9.78 Å². The summed E-state index contributed by atoms with van der Waals surface area (Å²) in [7, 11) is -3.74. The molecule has 0 radical (unpaired) electrons. The van der Waals surface area contributed by atoms with Gasteiger partial charge in [-0.1, -0.05) is 43.3 Å². The topological polar surface area (TPSA) is 165 Å². The quantitative estimate of drug-likeness (QED) is 0.304. The molecule has 2 aliphatic heterocycles. The lowest BCUT2D eigenvalue weighted by molar-refractivity contribution is 0.0556. The fourth-order valence-corrected chi connectivity index (χ4v) is 7.68. The van der Waals surface area contributed by atoms with Crippen LogP contribution in [0.15, 0.2) is 66.1 Å². The SMILES string of the molecule is CCS(=O)(=O)c1c([C@@H]2C[C@H]3CC[C@@H](C2)N3C(=O)c2nnc[nH]2)nc2c(-c3ccc(-c4ccccc4)nc3)cnn2c1N. The van der Waals surface area contributed by atoms with Crippen LogP contribution < -0.4 is 5.73 Å². The van der Waals surface area contributed by atoms with Crippen molar-refractivity contribution in [2.24, 2.45) is 0 Å². The maximum absolute atomic E-state index is 13.4. The van der Waals surface area contributed by atoms with Crippen LogP contribution in [0.2, 0.25) is 0 Å². The second-order valence-electron chi connectivity index (χ2n) is 10.8. The van der Waals surface area contributed by atoms with Crippen LogP contribution in [0.5, 0.6) is 0 Å². The van der Waals surface area contributed by atoms with Crippen LogP contribution in [0.4, 0.5) is 5.82 Å². The predicted octanol–water partition coefficient (Wildman–Crippen LogP) is 3.50. The molecule has 1 aromatic carbocycles. The molecule has 2 aliphatic rings. The van der Waals surface area contributed by atoms with Crippen molar-refractivity contribution in [3.8, 4) is 22.4 Å². The zero-order valence-corrected chi connectivity index (χ0v) is 23.7. The van der Waals surface area contributed by atoms with Gasteiger partial charge < -0.3 is 15.6 Å². The highest BCUT2D eigenvalue weighted by molar-refractivity contribution is 7.91. The average molecular weight is 584 g/mol. The number of anilines is 1. The molecule has 214 valence electrons. The molecule has 3 N–H and O–H groups in total. The Balaban J connectivity index is 1.30. The van der Waals surface area contributed by atoms with Crippen LogP contribution in [-0.4, -0.2) is 71.8 Å². The number of aromatic nitrogens is 7. The predicted molar refractivity (Wildman–Crippen MR) is 155 cm³/mol. The van der Waals surface area contributed by atoms with Crippen molar-refractivity contribution in [1.29, 1.82) is 0 Å². The number of amides is 1. The number of nitrogens with zero attached hydrogens (tertiary/aromatic N) is 7. The first-order chi connectivity index (χ1) is 20.4. The lowest BCUT2D eigenvalue weighted by atomic mass is 9.87. The van der Waals surface area contributed by atoms with Crippen molar-refractivity contribution >= 4 is 27.2 Å². The van der Waals surface area contributed by atoms with E-state index >= 15 is 0 Å². The molecule has 6 heterocycles. The van der Waals surface area contributed by atoms with E-state index in [1.165, 1.54) is 10.8 Å². The molecule has 2 saturated heterocycles. The number of fused-ring (bicyclic) bond motifs is 3. The molecule has 0 spiro atoms. The van der Waals surface area contributed by atoms with Gasteiger partial charge in [0.2, 0.25) is 5.82 Å². The fraction of sp³-hybridized carbons (Fsp3) is 0.310. The number of benzene rings is 1. The number of rotatable bonds is 6. The van der Waals surface area contributed by atoms with E-state index < -0.39 is 9.84 Å². The maximum Gasteiger partial charge on any atom is 0.292 e. The molecule has 12 nitrogen and oxygen atoms in total. The summed E-state index contributed by atoms with van der Waals surface area (Å²) in [6.07, 6.45) is 7.59. The van der Waals surface area contributed by atoms with Gasteiger partial charge in [0, 0.05) is 40.9 Å². The van der Waals surface area contributed by atoms with Crippen LogP contribution in [0.25, 0.3) is 28.0 Å². The summed E-state index contributed by atoms with van der Waals surface area (Å²) in [5.41, 5.74) is 10.8. The van der Waals surface area contributed by atoms with Gasteiger partial charge >= 0.3 is 0 Å². The lowest BCUT2D eigenvalue weighted by Gasteiger charge is -2.38. The van der Waals surface area contributed by atoms with E-state index in [2.05, 4.69) is 25.3 Å². The molecule has 5 aromatic rings. The van der Waals surface area contributed by atoms with Crippen LogP contribution >= 0.6 is 0 Å². The number of carbonyl (C=O) groups is 1. The number of nitrogens with two attached hydrogens (primary N) is 1. The lowest BCUT2D eigenvalue weighted by Crippen LogP contribution is -2.46. The molecule has 0 aliphatic carbocycles. The van der Waals surface area contributed by atoms with Crippen LogP contribution in [0, 0.1) is 0 Å². The van der Waals surface area contributed by atoms with Crippen molar-refractivity contribution in [3.05, 3.63) is 72.7 Å². The standard InChI is InChI=1S/C29H29N9O3S/c1-2-42(40,41)25-24(19-12-20-9-10-21(13-19)37(20)29(39)27-32-16-33-36-27)35-28-22(15-34-38(28)26(25)30)18-8-11-23(31-14-18)17-6-4-3-5-7-17/h3-8,11,14-16,19-21H,2,9-10,12-13,30H2,1H3,(H,32,33,36)/t19-,20-,21+. The number of carbonyl (C=O) groups excluding carboxylic acids is 1. The van der Waals surface area contributed by atoms with Gasteiger partial charge in [0.25, 0.3) is 5.91 Å². The summed E-state index contributed by atoms with van der Waals surface area (Å²) in [5, 5.41) is 12.1. The Hall–Kier alpha value is -4.65. The second-order valence-corrected chi connectivity index (χ2v) is 13.0. The van der Waals surface area contributed by atoms with Gasteiger partial charge in [0.15, 0.2) is 15.5 Å². The van der Waals surface area contributed by atoms with Crippen molar-refractivity contribution < 1.29 is 13.2 Å². The molecule has 7 rings (SSSR count). The second kappa shape index (κ2) is 10.0. The van der Waals surface area contributed by atoms with Crippen molar-refractivity contribution in [2.75, 3.05) is 11.5 Å². The number of pyridine rings is 1. The van der Waals surface area contributed by atoms with Gasteiger partial charge in [-0.2, -0.15) is 9.61 Å². The summed E-state index contributed by atoms with van der Waals surface area (Å²) >= 11 is 0. The molecular formula is C29H29N9O3S. The van der Waals surface area contributed by atoms with E-state index in [-0.39, 0.29) is 46.2 Å². The Morgan fingerprint density at radius 1 is 1.05 bits per heavy atom. The first-order valence-electron chi connectivity index (χ1n) is 14.0. The zero-order chi connectivity index (χ0) is 29.0. The van der Waals surface area contributed by atoms with Crippen LogP contribution in [-0.2, 0) is 9.84 Å². The van der Waals surface area contributed by atoms with Gasteiger partial charge in [-0.05, 0) is 31.7 Å². The minimum Gasteiger partial charge on any atom is -0.382 e. The molecule has 3 atom stereocenters. The average Bonchev–Trinajstić information content (AvgIpc) is 3.76. The van der Waals surface area contributed by atoms with Crippen LogP contribution in [0.3, 0.4) is 0 Å².